The average molecular weight is 646 g/mol. The molecule has 1 fully saturated rings. The second kappa shape index (κ2) is 13.7. The predicted molar refractivity (Wildman–Crippen MR) is 131 cm³/mol. The molecule has 166 valence electrons. The Labute approximate surface area is 220 Å². The third-order valence-electron chi connectivity index (χ3n) is 6.07. The molecule has 0 saturated carbocycles. The zero-order valence-corrected chi connectivity index (χ0v) is 25.7. The minimum absolute atomic E-state index is 0. The van der Waals surface area contributed by atoms with E-state index >= 15 is 0 Å². The van der Waals surface area contributed by atoms with E-state index in [1.54, 1.807) is 31.6 Å². The van der Waals surface area contributed by atoms with E-state index in [0.29, 0.717) is 9.52 Å². The number of benzene rings is 2. The number of hydrogen-bond donors (Lipinski definition) is 0. The van der Waals surface area contributed by atoms with Crippen molar-refractivity contribution in [2.45, 2.75) is 51.6 Å². The molecule has 2 aromatic carbocycles. The molecule has 1 saturated heterocycles. The summed E-state index contributed by atoms with van der Waals surface area (Å²) >= 11 is -1.00. The van der Waals surface area contributed by atoms with E-state index in [1.807, 2.05) is 0 Å². The maximum absolute atomic E-state index is 2.36. The molecule has 32 heavy (non-hydrogen) atoms. The first kappa shape index (κ1) is 27.3. The maximum Gasteiger partial charge on any atom is -1.00 e. The molecule has 2 aromatic rings. The Morgan fingerprint density at radius 2 is 1.16 bits per heavy atom. The summed E-state index contributed by atoms with van der Waals surface area (Å²) < 4.78 is 3.49. The van der Waals surface area contributed by atoms with Crippen LogP contribution >= 0.6 is 0 Å². The molecule has 0 bridgehead atoms. The summed E-state index contributed by atoms with van der Waals surface area (Å²) in [6, 6.07) is 21.2. The van der Waals surface area contributed by atoms with Gasteiger partial charge < -0.3 is 24.8 Å². The van der Waals surface area contributed by atoms with E-state index in [4.69, 9.17) is 0 Å². The first-order valence-electron chi connectivity index (χ1n) is 11.4. The molecule has 1 heterocycles. The first-order valence-corrected chi connectivity index (χ1v) is 17.0. The number of allylic oxidation sites excluding steroid dienone is 8. The van der Waals surface area contributed by atoms with Gasteiger partial charge >= 0.3 is 162 Å². The quantitative estimate of drug-likeness (QED) is 0.439. The van der Waals surface area contributed by atoms with E-state index < -0.39 is 22.9 Å². The molecule has 0 aromatic heterocycles. The van der Waals surface area contributed by atoms with Crippen molar-refractivity contribution in [3.63, 3.8) is 0 Å². The van der Waals surface area contributed by atoms with Crippen LogP contribution < -0.4 is 24.8 Å². The van der Waals surface area contributed by atoms with E-state index in [-0.39, 0.29) is 24.8 Å². The zero-order valence-electron chi connectivity index (χ0n) is 19.1. The standard InChI is InChI=1S/2C12H11.C4H10Si.2ClH.Hf/c2*1-10-5-4-8-12(9-10)11-6-2-3-7-11;1-2-4-5-3-1;;;/h2*2,4-6,8-9H,3H2,1H3;1-5H2;2*1H;/q;;;;;+2/p-2. The number of hydrogen-bond acceptors (Lipinski definition) is 0. The van der Waals surface area contributed by atoms with Crippen LogP contribution in [-0.2, 0) is 22.9 Å². The fraction of sp³-hybridized carbons (Fsp3) is 0.286. The normalized spacial score (nSPS) is 16.3. The average Bonchev–Trinajstić information content (AvgIpc) is 3.52. The minimum atomic E-state index is -1.00. The second-order valence-electron chi connectivity index (χ2n) is 8.63. The van der Waals surface area contributed by atoms with Gasteiger partial charge in [-0.15, -0.1) is 0 Å². The van der Waals surface area contributed by atoms with Gasteiger partial charge in [0.1, 0.15) is 0 Å². The molecular weight excluding hydrogens is 614 g/mol. The van der Waals surface area contributed by atoms with Gasteiger partial charge in [-0.1, -0.05) is 24.9 Å². The van der Waals surface area contributed by atoms with Crippen molar-refractivity contribution in [2.75, 3.05) is 0 Å². The van der Waals surface area contributed by atoms with Gasteiger partial charge in [0.15, 0.2) is 0 Å². The van der Waals surface area contributed by atoms with Crippen molar-refractivity contribution >= 4 is 20.7 Å². The largest absolute Gasteiger partial charge is 1.00 e. The fourth-order valence-corrected chi connectivity index (χ4v) is 11.7. The van der Waals surface area contributed by atoms with Crippen molar-refractivity contribution in [3.05, 3.63) is 102 Å². The van der Waals surface area contributed by atoms with Crippen molar-refractivity contribution in [2.24, 2.45) is 0 Å². The molecule has 0 N–H and O–H groups in total. The Morgan fingerprint density at radius 1 is 0.688 bits per heavy atom. The maximum atomic E-state index is 2.36. The van der Waals surface area contributed by atoms with Crippen molar-refractivity contribution in [3.8, 4) is 0 Å². The predicted octanol–water partition coefficient (Wildman–Crippen LogP) is 1.22. The van der Waals surface area contributed by atoms with Crippen LogP contribution in [0.25, 0.3) is 11.1 Å². The smallest absolute Gasteiger partial charge is 1.00 e. The molecule has 0 unspecified atom stereocenters. The van der Waals surface area contributed by atoms with Crippen LogP contribution in [0.3, 0.4) is 0 Å². The van der Waals surface area contributed by atoms with Crippen LogP contribution in [0.2, 0.25) is 12.1 Å². The van der Waals surface area contributed by atoms with Crippen LogP contribution in [0, 0.1) is 13.8 Å². The molecule has 3 aliphatic rings. The van der Waals surface area contributed by atoms with E-state index in [9.17, 15) is 0 Å². The molecule has 0 spiro atoms. The first-order chi connectivity index (χ1) is 14.7. The van der Waals surface area contributed by atoms with Crippen LogP contribution in [-0.4, -0.2) is 9.52 Å². The van der Waals surface area contributed by atoms with Gasteiger partial charge in [0.2, 0.25) is 0 Å². The summed E-state index contributed by atoms with van der Waals surface area (Å²) in [6.45, 7) is 4.37. The Morgan fingerprint density at radius 3 is 1.53 bits per heavy atom. The number of rotatable bonds is 4. The summed E-state index contributed by atoms with van der Waals surface area (Å²) in [6.07, 6.45) is 14.9. The molecule has 0 nitrogen and oxygen atoms in total. The van der Waals surface area contributed by atoms with E-state index in [1.165, 1.54) is 33.4 Å². The number of aryl methyl sites for hydroxylation is 2. The van der Waals surface area contributed by atoms with Crippen molar-refractivity contribution in [1.82, 2.24) is 0 Å². The van der Waals surface area contributed by atoms with Gasteiger partial charge in [0.05, 0.1) is 0 Å². The zero-order chi connectivity index (χ0) is 20.8. The van der Waals surface area contributed by atoms with Crippen molar-refractivity contribution < 1.29 is 47.7 Å². The molecule has 0 radical (unpaired) electrons. The Bertz CT molecular complexity index is 944. The molecular formula is C28H32Cl2HfSi. The molecule has 1 aliphatic heterocycles. The summed E-state index contributed by atoms with van der Waals surface area (Å²) in [4.78, 5) is 0. The second-order valence-corrected chi connectivity index (χ2v) is 16.0. The van der Waals surface area contributed by atoms with Gasteiger partial charge in [-0.25, -0.2) is 0 Å². The Balaban J connectivity index is 0.000000460. The van der Waals surface area contributed by atoms with Gasteiger partial charge in [0.25, 0.3) is 0 Å². The SMILES string of the molecule is C1CC[SiH2]C1.Cc1cccc(C2=[C]([Hf+2][C]3=C(c4cccc(C)c4)C=CC3)CC=C2)c1.[Cl-].[Cl-]. The minimum Gasteiger partial charge on any atom is -1.00 e. The summed E-state index contributed by atoms with van der Waals surface area (Å²) in [5.74, 6) is 0. The monoisotopic (exact) mass is 646 g/mol. The number of halogens is 2. The molecule has 4 heteroatoms. The van der Waals surface area contributed by atoms with Crippen molar-refractivity contribution in [1.29, 1.82) is 0 Å². The fourth-order valence-electron chi connectivity index (χ4n) is 4.48. The summed E-state index contributed by atoms with van der Waals surface area (Å²) in [5.41, 5.74) is 8.52. The van der Waals surface area contributed by atoms with E-state index in [2.05, 4.69) is 86.7 Å². The van der Waals surface area contributed by atoms with Crippen LogP contribution in [0.5, 0.6) is 0 Å². The summed E-state index contributed by atoms with van der Waals surface area (Å²) in [5, 5.41) is 0. The molecule has 2 aliphatic carbocycles. The van der Waals surface area contributed by atoms with E-state index in [0.717, 1.165) is 12.8 Å². The molecule has 0 amide bonds. The molecule has 0 atom stereocenters. The van der Waals surface area contributed by atoms with Crippen LogP contribution in [0.15, 0.2) is 79.5 Å². The molecule has 5 rings (SSSR count). The Hall–Kier alpha value is -0.933. The van der Waals surface area contributed by atoms with Gasteiger partial charge in [-0.2, -0.15) is 0 Å². The topological polar surface area (TPSA) is 0 Å². The van der Waals surface area contributed by atoms with Gasteiger partial charge in [-0.05, 0) is 0 Å². The Kier molecular flexibility index (Phi) is 11.7. The van der Waals surface area contributed by atoms with Crippen LogP contribution in [0.4, 0.5) is 0 Å². The third kappa shape index (κ3) is 7.28. The third-order valence-corrected chi connectivity index (χ3v) is 13.6. The van der Waals surface area contributed by atoms with Gasteiger partial charge in [0, 0.05) is 9.52 Å². The van der Waals surface area contributed by atoms with Crippen LogP contribution in [0.1, 0.15) is 47.9 Å². The van der Waals surface area contributed by atoms with Gasteiger partial charge in [-0.3, -0.25) is 0 Å². The summed E-state index contributed by atoms with van der Waals surface area (Å²) in [7, 11) is 0.543.